The number of rotatable bonds is 9. The second kappa shape index (κ2) is 12.2. The Kier molecular flexibility index (Phi) is 11.0. The summed E-state index contributed by atoms with van der Waals surface area (Å²) in [7, 11) is 0. The van der Waals surface area contributed by atoms with Gasteiger partial charge in [0.1, 0.15) is 0 Å². The van der Waals surface area contributed by atoms with E-state index in [1.807, 2.05) is 11.8 Å². The lowest BCUT2D eigenvalue weighted by Crippen LogP contribution is -2.40. The van der Waals surface area contributed by atoms with Crippen LogP contribution in [0.15, 0.2) is 29.2 Å². The fourth-order valence-corrected chi connectivity index (χ4v) is 3.28. The van der Waals surface area contributed by atoms with E-state index in [2.05, 4.69) is 41.4 Å². The average molecular weight is 345 g/mol. The highest BCUT2D eigenvalue weighted by atomic mass is 35.5. The minimum absolute atomic E-state index is 0. The van der Waals surface area contributed by atoms with Crippen molar-refractivity contribution in [3.05, 3.63) is 29.8 Å². The van der Waals surface area contributed by atoms with Crippen LogP contribution in [0.5, 0.6) is 0 Å². The predicted octanol–water partition coefficient (Wildman–Crippen LogP) is 3.21. The number of hydrogen-bond donors (Lipinski definition) is 1. The van der Waals surface area contributed by atoms with E-state index >= 15 is 0 Å². The van der Waals surface area contributed by atoms with Gasteiger partial charge in [-0.3, -0.25) is 4.90 Å². The Labute approximate surface area is 145 Å². The summed E-state index contributed by atoms with van der Waals surface area (Å²) in [5.74, 6) is 1.22. The third-order valence-electron chi connectivity index (χ3n) is 3.75. The van der Waals surface area contributed by atoms with Gasteiger partial charge in [-0.15, -0.1) is 24.2 Å². The molecule has 0 bridgehead atoms. The molecule has 22 heavy (non-hydrogen) atoms. The Hall–Kier alpha value is -0.260. The van der Waals surface area contributed by atoms with Gasteiger partial charge < -0.3 is 10.1 Å². The van der Waals surface area contributed by atoms with Crippen LogP contribution in [-0.4, -0.2) is 56.6 Å². The van der Waals surface area contributed by atoms with E-state index in [1.54, 1.807) is 0 Å². The first-order chi connectivity index (χ1) is 10.3. The quantitative estimate of drug-likeness (QED) is 0.549. The molecule has 1 aliphatic rings. The lowest BCUT2D eigenvalue weighted by atomic mass is 10.2. The second-order valence-electron chi connectivity index (χ2n) is 5.57. The molecule has 126 valence electrons. The van der Waals surface area contributed by atoms with Gasteiger partial charge in [-0.1, -0.05) is 17.7 Å². The summed E-state index contributed by atoms with van der Waals surface area (Å²) >= 11 is 1.97. The Morgan fingerprint density at radius 2 is 1.82 bits per heavy atom. The number of halogens is 1. The number of aryl methyl sites for hydroxylation is 1. The number of hydrogen-bond acceptors (Lipinski definition) is 4. The molecule has 2 rings (SSSR count). The highest BCUT2D eigenvalue weighted by Gasteiger charge is 2.08. The van der Waals surface area contributed by atoms with Crippen LogP contribution in [0.4, 0.5) is 0 Å². The zero-order valence-corrected chi connectivity index (χ0v) is 15.2. The van der Waals surface area contributed by atoms with Crippen LogP contribution in [0.2, 0.25) is 0 Å². The van der Waals surface area contributed by atoms with Crippen molar-refractivity contribution in [2.24, 2.45) is 0 Å². The minimum Gasteiger partial charge on any atom is -0.379 e. The SMILES string of the molecule is Cc1ccc(SCCCCNCCN2CCOCC2)cc1.Cl. The molecule has 1 saturated heterocycles. The van der Waals surface area contributed by atoms with E-state index in [1.165, 1.54) is 29.1 Å². The number of nitrogens with one attached hydrogen (secondary N) is 1. The van der Waals surface area contributed by atoms with Gasteiger partial charge in [0, 0.05) is 31.1 Å². The summed E-state index contributed by atoms with van der Waals surface area (Å²) < 4.78 is 5.35. The fraction of sp³-hybridized carbons (Fsp3) is 0.647. The lowest BCUT2D eigenvalue weighted by molar-refractivity contribution is 0.0384. The van der Waals surface area contributed by atoms with Gasteiger partial charge in [0.2, 0.25) is 0 Å². The molecule has 0 saturated carbocycles. The van der Waals surface area contributed by atoms with Crippen LogP contribution in [-0.2, 0) is 4.74 Å². The summed E-state index contributed by atoms with van der Waals surface area (Å²) in [6.07, 6.45) is 2.55. The van der Waals surface area contributed by atoms with Gasteiger partial charge >= 0.3 is 0 Å². The Bertz CT molecular complexity index is 383. The zero-order chi connectivity index (χ0) is 14.8. The van der Waals surface area contributed by atoms with E-state index in [4.69, 9.17) is 4.74 Å². The van der Waals surface area contributed by atoms with Crippen molar-refractivity contribution in [2.45, 2.75) is 24.7 Å². The Morgan fingerprint density at radius 3 is 2.55 bits per heavy atom. The maximum Gasteiger partial charge on any atom is 0.0594 e. The molecule has 3 nitrogen and oxygen atoms in total. The first kappa shape index (κ1) is 19.8. The molecular weight excluding hydrogens is 316 g/mol. The number of thioether (sulfide) groups is 1. The molecule has 1 aromatic carbocycles. The van der Waals surface area contributed by atoms with E-state index in [-0.39, 0.29) is 12.4 Å². The summed E-state index contributed by atoms with van der Waals surface area (Å²) in [5, 5.41) is 3.55. The molecule has 0 radical (unpaired) electrons. The first-order valence-electron chi connectivity index (χ1n) is 8.05. The van der Waals surface area contributed by atoms with Crippen molar-refractivity contribution in [1.82, 2.24) is 10.2 Å². The average Bonchev–Trinajstić information content (AvgIpc) is 2.53. The summed E-state index contributed by atoms with van der Waals surface area (Å²) in [5.41, 5.74) is 1.34. The molecule has 1 aromatic rings. The predicted molar refractivity (Wildman–Crippen MR) is 98.5 cm³/mol. The van der Waals surface area contributed by atoms with Crippen LogP contribution in [0.25, 0.3) is 0 Å². The standard InChI is InChI=1S/C17H28N2OS.ClH/c1-16-4-6-17(7-5-16)21-15-3-2-8-18-9-10-19-11-13-20-14-12-19;/h4-7,18H,2-3,8-15H2,1H3;1H. The molecule has 0 unspecified atom stereocenters. The summed E-state index contributed by atoms with van der Waals surface area (Å²) in [6, 6.07) is 8.83. The Morgan fingerprint density at radius 1 is 1.09 bits per heavy atom. The molecule has 0 amide bonds. The van der Waals surface area contributed by atoms with Crippen LogP contribution < -0.4 is 5.32 Å². The topological polar surface area (TPSA) is 24.5 Å². The summed E-state index contributed by atoms with van der Waals surface area (Å²) in [4.78, 5) is 3.87. The van der Waals surface area contributed by atoms with E-state index in [0.717, 1.165) is 45.9 Å². The number of morpholine rings is 1. The molecule has 0 aromatic heterocycles. The molecule has 0 atom stereocenters. The van der Waals surface area contributed by atoms with Crippen molar-refractivity contribution in [2.75, 3.05) is 51.7 Å². The number of unbranched alkanes of at least 4 members (excludes halogenated alkanes) is 1. The van der Waals surface area contributed by atoms with Crippen LogP contribution in [0.1, 0.15) is 18.4 Å². The Balaban J connectivity index is 0.00000242. The van der Waals surface area contributed by atoms with Gasteiger partial charge in [-0.2, -0.15) is 0 Å². The van der Waals surface area contributed by atoms with Crippen LogP contribution in [0, 0.1) is 6.92 Å². The third-order valence-corrected chi connectivity index (χ3v) is 4.84. The van der Waals surface area contributed by atoms with E-state index in [9.17, 15) is 0 Å². The zero-order valence-electron chi connectivity index (χ0n) is 13.6. The lowest BCUT2D eigenvalue weighted by Gasteiger charge is -2.26. The molecule has 1 fully saturated rings. The van der Waals surface area contributed by atoms with Crippen molar-refractivity contribution >= 4 is 24.2 Å². The van der Waals surface area contributed by atoms with E-state index < -0.39 is 0 Å². The van der Waals surface area contributed by atoms with Gasteiger partial charge in [0.25, 0.3) is 0 Å². The maximum atomic E-state index is 5.35. The molecule has 0 spiro atoms. The normalized spacial score (nSPS) is 15.5. The molecule has 5 heteroatoms. The van der Waals surface area contributed by atoms with E-state index in [0.29, 0.717) is 0 Å². The minimum atomic E-state index is 0. The van der Waals surface area contributed by atoms with Crippen molar-refractivity contribution in [1.29, 1.82) is 0 Å². The van der Waals surface area contributed by atoms with Crippen molar-refractivity contribution in [3.63, 3.8) is 0 Å². The number of benzene rings is 1. The van der Waals surface area contributed by atoms with Gasteiger partial charge in [0.15, 0.2) is 0 Å². The largest absolute Gasteiger partial charge is 0.379 e. The molecule has 0 aliphatic carbocycles. The van der Waals surface area contributed by atoms with Crippen molar-refractivity contribution < 1.29 is 4.74 Å². The smallest absolute Gasteiger partial charge is 0.0594 e. The maximum absolute atomic E-state index is 5.35. The number of nitrogens with zero attached hydrogens (tertiary/aromatic N) is 1. The third kappa shape index (κ3) is 8.39. The van der Waals surface area contributed by atoms with Crippen LogP contribution >= 0.6 is 24.2 Å². The van der Waals surface area contributed by atoms with Gasteiger partial charge in [-0.25, -0.2) is 0 Å². The van der Waals surface area contributed by atoms with Crippen molar-refractivity contribution in [3.8, 4) is 0 Å². The second-order valence-corrected chi connectivity index (χ2v) is 6.74. The molecule has 1 heterocycles. The fourth-order valence-electron chi connectivity index (χ4n) is 2.36. The monoisotopic (exact) mass is 344 g/mol. The van der Waals surface area contributed by atoms with Crippen LogP contribution in [0.3, 0.4) is 0 Å². The highest BCUT2D eigenvalue weighted by Crippen LogP contribution is 2.19. The molecule has 1 N–H and O–H groups in total. The van der Waals surface area contributed by atoms with Gasteiger partial charge in [-0.05, 0) is 44.2 Å². The van der Waals surface area contributed by atoms with Gasteiger partial charge in [0.05, 0.1) is 13.2 Å². The highest BCUT2D eigenvalue weighted by molar-refractivity contribution is 7.99. The molecule has 1 aliphatic heterocycles. The molecular formula is C17H29ClN2OS. The first-order valence-corrected chi connectivity index (χ1v) is 9.03. The number of ether oxygens (including phenoxy) is 1. The summed E-state index contributed by atoms with van der Waals surface area (Å²) in [6.45, 7) is 9.51.